The summed E-state index contributed by atoms with van der Waals surface area (Å²) in [5.41, 5.74) is -2.41. The molecular formula is C13H7F6NO2S. The summed E-state index contributed by atoms with van der Waals surface area (Å²) in [7, 11) is -4.97. The number of nitrogens with one attached hydrogen (secondary N) is 1. The van der Waals surface area contributed by atoms with Crippen molar-refractivity contribution in [2.45, 2.75) is 11.1 Å². The van der Waals surface area contributed by atoms with Crippen molar-refractivity contribution in [3.8, 4) is 0 Å². The average molecular weight is 355 g/mol. The molecule has 0 aliphatic carbocycles. The third kappa shape index (κ3) is 3.58. The molecule has 0 fully saturated rings. The number of rotatable bonds is 3. The lowest BCUT2D eigenvalue weighted by Gasteiger charge is -2.13. The first-order chi connectivity index (χ1) is 10.5. The van der Waals surface area contributed by atoms with Gasteiger partial charge in [-0.15, -0.1) is 0 Å². The first kappa shape index (κ1) is 17.1. The van der Waals surface area contributed by atoms with E-state index in [-0.39, 0.29) is 6.07 Å². The Labute approximate surface area is 126 Å². The van der Waals surface area contributed by atoms with E-state index in [0.29, 0.717) is 24.3 Å². The van der Waals surface area contributed by atoms with Gasteiger partial charge in [0.25, 0.3) is 10.0 Å². The quantitative estimate of drug-likeness (QED) is 0.849. The molecule has 0 heterocycles. The molecule has 2 aromatic rings. The molecule has 124 valence electrons. The lowest BCUT2D eigenvalue weighted by molar-refractivity contribution is -0.137. The van der Waals surface area contributed by atoms with Crippen molar-refractivity contribution < 1.29 is 34.8 Å². The largest absolute Gasteiger partial charge is 0.416 e. The molecule has 0 atom stereocenters. The fourth-order valence-electron chi connectivity index (χ4n) is 1.71. The summed E-state index contributed by atoms with van der Waals surface area (Å²) in [5, 5.41) is 0. The highest BCUT2D eigenvalue weighted by Crippen LogP contribution is 2.32. The molecule has 1 N–H and O–H groups in total. The van der Waals surface area contributed by atoms with Crippen molar-refractivity contribution in [2.24, 2.45) is 0 Å². The zero-order valence-electron chi connectivity index (χ0n) is 11.0. The fraction of sp³-hybridized carbons (Fsp3) is 0.0769. The SMILES string of the molecule is O=S(=O)(Nc1cc(C(F)(F)F)ccc1F)c1c(F)cccc1F. The van der Waals surface area contributed by atoms with Crippen LogP contribution in [0.1, 0.15) is 5.56 Å². The van der Waals surface area contributed by atoms with Crippen molar-refractivity contribution in [2.75, 3.05) is 4.72 Å². The minimum atomic E-state index is -4.97. The van der Waals surface area contributed by atoms with E-state index >= 15 is 0 Å². The van der Waals surface area contributed by atoms with Crippen LogP contribution in [0, 0.1) is 17.5 Å². The third-order valence-corrected chi connectivity index (χ3v) is 4.14. The van der Waals surface area contributed by atoms with E-state index < -0.39 is 49.8 Å². The summed E-state index contributed by atoms with van der Waals surface area (Å²) < 4.78 is 103. The maximum atomic E-state index is 13.5. The van der Waals surface area contributed by atoms with E-state index in [0.717, 1.165) is 6.07 Å². The summed E-state index contributed by atoms with van der Waals surface area (Å²) in [5.74, 6) is -4.27. The molecule has 2 rings (SSSR count). The summed E-state index contributed by atoms with van der Waals surface area (Å²) in [6.45, 7) is 0. The van der Waals surface area contributed by atoms with E-state index in [4.69, 9.17) is 0 Å². The van der Waals surface area contributed by atoms with Crippen molar-refractivity contribution in [3.63, 3.8) is 0 Å². The van der Waals surface area contributed by atoms with Gasteiger partial charge < -0.3 is 0 Å². The van der Waals surface area contributed by atoms with Gasteiger partial charge in [-0.2, -0.15) is 13.2 Å². The summed E-state index contributed by atoms with van der Waals surface area (Å²) in [4.78, 5) is -1.42. The fourth-order valence-corrected chi connectivity index (χ4v) is 2.91. The molecule has 0 aliphatic heterocycles. The van der Waals surface area contributed by atoms with Crippen LogP contribution in [-0.4, -0.2) is 8.42 Å². The van der Waals surface area contributed by atoms with Crippen molar-refractivity contribution >= 4 is 15.7 Å². The predicted octanol–water partition coefficient (Wildman–Crippen LogP) is 3.92. The molecular weight excluding hydrogens is 348 g/mol. The average Bonchev–Trinajstić information content (AvgIpc) is 2.39. The normalized spacial score (nSPS) is 12.3. The van der Waals surface area contributed by atoms with Crippen LogP contribution in [0.3, 0.4) is 0 Å². The Morgan fingerprint density at radius 2 is 1.43 bits per heavy atom. The van der Waals surface area contributed by atoms with Crippen molar-refractivity contribution in [3.05, 3.63) is 59.4 Å². The number of anilines is 1. The van der Waals surface area contributed by atoms with Crippen molar-refractivity contribution in [1.29, 1.82) is 0 Å². The smallest absolute Gasteiger partial charge is 0.276 e. The van der Waals surface area contributed by atoms with Crippen LogP contribution in [0.25, 0.3) is 0 Å². The second-order valence-electron chi connectivity index (χ2n) is 4.35. The van der Waals surface area contributed by atoms with Gasteiger partial charge >= 0.3 is 6.18 Å². The van der Waals surface area contributed by atoms with Gasteiger partial charge in [0.05, 0.1) is 11.3 Å². The van der Waals surface area contributed by atoms with Gasteiger partial charge in [-0.1, -0.05) is 6.07 Å². The molecule has 0 amide bonds. The monoisotopic (exact) mass is 355 g/mol. The Morgan fingerprint density at radius 1 is 0.870 bits per heavy atom. The molecule has 2 aromatic carbocycles. The molecule has 0 unspecified atom stereocenters. The molecule has 0 aromatic heterocycles. The number of benzene rings is 2. The van der Waals surface area contributed by atoms with Gasteiger partial charge in [-0.25, -0.2) is 21.6 Å². The first-order valence-corrected chi connectivity index (χ1v) is 7.34. The Hall–Kier alpha value is -2.23. The van der Waals surface area contributed by atoms with Gasteiger partial charge in [0, 0.05) is 0 Å². The van der Waals surface area contributed by atoms with Crippen LogP contribution in [0.2, 0.25) is 0 Å². The highest BCUT2D eigenvalue weighted by Gasteiger charge is 2.32. The molecule has 3 nitrogen and oxygen atoms in total. The van der Waals surface area contributed by atoms with Gasteiger partial charge in [0.2, 0.25) is 0 Å². The maximum Gasteiger partial charge on any atom is 0.416 e. The Morgan fingerprint density at radius 3 is 1.96 bits per heavy atom. The molecule has 23 heavy (non-hydrogen) atoms. The van der Waals surface area contributed by atoms with Crippen LogP contribution in [0.4, 0.5) is 32.0 Å². The second-order valence-corrected chi connectivity index (χ2v) is 5.97. The van der Waals surface area contributed by atoms with Gasteiger partial charge in [0.1, 0.15) is 17.5 Å². The number of hydrogen-bond donors (Lipinski definition) is 1. The Bertz CT molecular complexity index is 828. The van der Waals surface area contributed by atoms with Gasteiger partial charge in [0.15, 0.2) is 4.90 Å². The topological polar surface area (TPSA) is 46.2 Å². The molecule has 0 saturated carbocycles. The van der Waals surface area contributed by atoms with E-state index in [1.807, 2.05) is 0 Å². The maximum absolute atomic E-state index is 13.5. The molecule has 0 radical (unpaired) electrons. The standard InChI is InChI=1S/C13H7F6NO2S/c14-8-5-4-7(13(17,18)19)6-11(8)20-23(21,22)12-9(15)2-1-3-10(12)16/h1-6,20H. The van der Waals surface area contributed by atoms with Crippen LogP contribution in [0.5, 0.6) is 0 Å². The zero-order valence-corrected chi connectivity index (χ0v) is 11.8. The molecule has 0 bridgehead atoms. The first-order valence-electron chi connectivity index (χ1n) is 5.86. The van der Waals surface area contributed by atoms with Crippen LogP contribution < -0.4 is 4.72 Å². The van der Waals surface area contributed by atoms with Crippen LogP contribution in [-0.2, 0) is 16.2 Å². The second kappa shape index (κ2) is 5.76. The van der Waals surface area contributed by atoms with E-state index in [2.05, 4.69) is 0 Å². The summed E-state index contributed by atoms with van der Waals surface area (Å²) in [6.07, 6.45) is -4.85. The number of hydrogen-bond acceptors (Lipinski definition) is 2. The third-order valence-electron chi connectivity index (χ3n) is 2.73. The lowest BCUT2D eigenvalue weighted by atomic mass is 10.2. The highest BCUT2D eigenvalue weighted by molar-refractivity contribution is 7.92. The highest BCUT2D eigenvalue weighted by atomic mass is 32.2. The predicted molar refractivity (Wildman–Crippen MR) is 68.6 cm³/mol. The van der Waals surface area contributed by atoms with Crippen molar-refractivity contribution in [1.82, 2.24) is 0 Å². The van der Waals surface area contributed by atoms with E-state index in [1.165, 1.54) is 4.72 Å². The number of alkyl halides is 3. The summed E-state index contributed by atoms with van der Waals surface area (Å²) >= 11 is 0. The molecule has 0 aliphatic rings. The molecule has 0 spiro atoms. The van der Waals surface area contributed by atoms with E-state index in [9.17, 15) is 34.8 Å². The molecule has 0 saturated heterocycles. The Balaban J connectivity index is 2.50. The number of halogens is 6. The Kier molecular flexibility index (Phi) is 4.29. The lowest BCUT2D eigenvalue weighted by Crippen LogP contribution is -2.18. The summed E-state index contributed by atoms with van der Waals surface area (Å²) in [6, 6.07) is 3.15. The van der Waals surface area contributed by atoms with Crippen LogP contribution >= 0.6 is 0 Å². The van der Waals surface area contributed by atoms with Gasteiger partial charge in [-0.3, -0.25) is 4.72 Å². The van der Waals surface area contributed by atoms with E-state index in [1.54, 1.807) is 0 Å². The van der Waals surface area contributed by atoms with Crippen LogP contribution in [0.15, 0.2) is 41.3 Å². The minimum absolute atomic E-state index is 0.186. The number of sulfonamides is 1. The minimum Gasteiger partial charge on any atom is -0.276 e. The van der Waals surface area contributed by atoms with Gasteiger partial charge in [-0.05, 0) is 30.3 Å². The molecule has 10 heteroatoms. The zero-order chi connectivity index (χ0) is 17.4.